The van der Waals surface area contributed by atoms with Crippen LogP contribution in [0.25, 0.3) is 0 Å². The second-order valence-electron chi connectivity index (χ2n) is 3.85. The van der Waals surface area contributed by atoms with E-state index in [0.717, 1.165) is 23.8 Å². The van der Waals surface area contributed by atoms with Crippen molar-refractivity contribution in [3.63, 3.8) is 0 Å². The first-order chi connectivity index (χ1) is 7.80. The minimum Gasteiger partial charge on any atom is -0.379 e. The molecule has 0 bridgehead atoms. The number of hydrogen-bond acceptors (Lipinski definition) is 1. The molecule has 0 saturated carbocycles. The van der Waals surface area contributed by atoms with Gasteiger partial charge in [-0.2, -0.15) is 13.2 Å². The number of allylic oxidation sites excluding steroid dienone is 1. The molecule has 0 unspecified atom stereocenters. The summed E-state index contributed by atoms with van der Waals surface area (Å²) in [4.78, 5) is 0. The Hall–Kier alpha value is -1.52. The van der Waals surface area contributed by atoms with Crippen LogP contribution in [0.1, 0.15) is 19.4 Å². The van der Waals surface area contributed by atoms with Crippen LogP contribution in [0.15, 0.2) is 29.8 Å². The molecule has 0 aliphatic rings. The van der Waals surface area contributed by atoms with E-state index in [1.54, 1.807) is 6.08 Å². The molecule has 0 aliphatic heterocycles. The van der Waals surface area contributed by atoms with Gasteiger partial charge in [0.2, 0.25) is 0 Å². The fraction of sp³-hybridized carbons (Fsp3) is 0.333. The molecule has 1 aromatic rings. The molecule has 94 valence electrons. The minimum atomic E-state index is -4.46. The summed E-state index contributed by atoms with van der Waals surface area (Å²) in [6.45, 7) is 3.99. The molecular weight excluding hydrogens is 234 g/mol. The average Bonchev–Trinajstić information content (AvgIpc) is 2.18. The van der Waals surface area contributed by atoms with Gasteiger partial charge in [-0.05, 0) is 32.0 Å². The van der Waals surface area contributed by atoms with Gasteiger partial charge in [0.25, 0.3) is 0 Å². The van der Waals surface area contributed by atoms with Gasteiger partial charge < -0.3 is 5.32 Å². The summed E-state index contributed by atoms with van der Waals surface area (Å²) in [5.41, 5.74) is 0.000749. The molecule has 0 aromatic heterocycles. The van der Waals surface area contributed by atoms with Crippen LogP contribution in [-0.4, -0.2) is 6.54 Å². The van der Waals surface area contributed by atoms with E-state index in [1.807, 2.05) is 13.8 Å². The van der Waals surface area contributed by atoms with Crippen LogP contribution < -0.4 is 5.32 Å². The molecule has 1 N–H and O–H groups in total. The normalized spacial score (nSPS) is 11.2. The molecule has 0 fully saturated rings. The van der Waals surface area contributed by atoms with Crippen molar-refractivity contribution in [1.29, 1.82) is 0 Å². The Balaban J connectivity index is 2.88. The first-order valence-corrected chi connectivity index (χ1v) is 5.04. The van der Waals surface area contributed by atoms with E-state index >= 15 is 0 Å². The van der Waals surface area contributed by atoms with Gasteiger partial charge in [-0.3, -0.25) is 0 Å². The Morgan fingerprint density at radius 1 is 1.29 bits per heavy atom. The summed E-state index contributed by atoms with van der Waals surface area (Å²) in [5, 5.41) is 2.61. The maximum atomic E-state index is 13.2. The number of alkyl halides is 3. The van der Waals surface area contributed by atoms with E-state index in [0.29, 0.717) is 6.54 Å². The molecule has 0 radical (unpaired) electrons. The maximum absolute atomic E-state index is 13.2. The summed E-state index contributed by atoms with van der Waals surface area (Å²) >= 11 is 0. The third kappa shape index (κ3) is 4.09. The van der Waals surface area contributed by atoms with Gasteiger partial charge >= 0.3 is 6.18 Å². The highest BCUT2D eigenvalue weighted by atomic mass is 19.4. The highest BCUT2D eigenvalue weighted by Crippen LogP contribution is 2.31. The first kappa shape index (κ1) is 13.5. The zero-order chi connectivity index (χ0) is 13.1. The van der Waals surface area contributed by atoms with Crippen LogP contribution in [0, 0.1) is 5.82 Å². The summed E-state index contributed by atoms with van der Waals surface area (Å²) in [7, 11) is 0. The second-order valence-corrected chi connectivity index (χ2v) is 3.85. The summed E-state index contributed by atoms with van der Waals surface area (Å²) in [6.07, 6.45) is -2.69. The fourth-order valence-electron chi connectivity index (χ4n) is 1.20. The fourth-order valence-corrected chi connectivity index (χ4v) is 1.20. The lowest BCUT2D eigenvalue weighted by molar-refractivity contribution is -0.137. The van der Waals surface area contributed by atoms with Crippen LogP contribution in [0.5, 0.6) is 0 Å². The predicted molar refractivity (Wildman–Crippen MR) is 59.3 cm³/mol. The SMILES string of the molecule is CC(C)=CCNc1cc(C(F)(F)F)ccc1F. The van der Waals surface area contributed by atoms with Crippen LogP contribution in [0.4, 0.5) is 23.2 Å². The molecule has 0 saturated heterocycles. The molecular formula is C12H13F4N. The number of benzene rings is 1. The van der Waals surface area contributed by atoms with Crippen molar-refractivity contribution in [2.75, 3.05) is 11.9 Å². The maximum Gasteiger partial charge on any atom is 0.416 e. The number of anilines is 1. The molecule has 1 nitrogen and oxygen atoms in total. The van der Waals surface area contributed by atoms with Crippen LogP contribution in [0.2, 0.25) is 0 Å². The molecule has 1 rings (SSSR count). The Morgan fingerprint density at radius 3 is 2.47 bits per heavy atom. The Labute approximate surface area is 97.1 Å². The van der Waals surface area contributed by atoms with E-state index in [2.05, 4.69) is 5.32 Å². The molecule has 1 aromatic carbocycles. The molecule has 0 heterocycles. The first-order valence-electron chi connectivity index (χ1n) is 5.04. The second kappa shape index (κ2) is 5.21. The van der Waals surface area contributed by atoms with Gasteiger partial charge in [0.05, 0.1) is 11.3 Å². The molecule has 0 amide bonds. The van der Waals surface area contributed by atoms with Gasteiger partial charge in [-0.25, -0.2) is 4.39 Å². The number of hydrogen-bond donors (Lipinski definition) is 1. The number of halogens is 4. The monoisotopic (exact) mass is 247 g/mol. The molecule has 0 atom stereocenters. The van der Waals surface area contributed by atoms with Crippen molar-refractivity contribution in [1.82, 2.24) is 0 Å². The molecule has 17 heavy (non-hydrogen) atoms. The minimum absolute atomic E-state index is 0.141. The van der Waals surface area contributed by atoms with E-state index in [1.165, 1.54) is 0 Å². The van der Waals surface area contributed by atoms with Crippen molar-refractivity contribution < 1.29 is 17.6 Å². The Kier molecular flexibility index (Phi) is 4.15. The van der Waals surface area contributed by atoms with Crippen molar-refractivity contribution in [2.45, 2.75) is 20.0 Å². The number of nitrogens with one attached hydrogen (secondary N) is 1. The third-order valence-electron chi connectivity index (χ3n) is 2.10. The predicted octanol–water partition coefficient (Wildman–Crippen LogP) is 4.22. The smallest absolute Gasteiger partial charge is 0.379 e. The third-order valence-corrected chi connectivity index (χ3v) is 2.10. The zero-order valence-electron chi connectivity index (χ0n) is 9.53. The molecule has 0 spiro atoms. The summed E-state index contributed by atoms with van der Waals surface area (Å²) in [5.74, 6) is -0.694. The van der Waals surface area contributed by atoms with Gasteiger partial charge in [0.15, 0.2) is 0 Å². The highest BCUT2D eigenvalue weighted by molar-refractivity contribution is 5.48. The lowest BCUT2D eigenvalue weighted by Crippen LogP contribution is -2.08. The van der Waals surface area contributed by atoms with Gasteiger partial charge in [-0.15, -0.1) is 0 Å². The van der Waals surface area contributed by atoms with Crippen LogP contribution in [-0.2, 0) is 6.18 Å². The lowest BCUT2D eigenvalue weighted by Gasteiger charge is -2.10. The van der Waals surface area contributed by atoms with E-state index in [4.69, 9.17) is 0 Å². The summed E-state index contributed by atoms with van der Waals surface area (Å²) in [6, 6.07) is 2.31. The topological polar surface area (TPSA) is 12.0 Å². The van der Waals surface area contributed by atoms with E-state index in [9.17, 15) is 17.6 Å². The highest BCUT2D eigenvalue weighted by Gasteiger charge is 2.31. The van der Waals surface area contributed by atoms with Crippen molar-refractivity contribution in [3.8, 4) is 0 Å². The zero-order valence-corrected chi connectivity index (χ0v) is 9.53. The van der Waals surface area contributed by atoms with Crippen molar-refractivity contribution >= 4 is 5.69 Å². The average molecular weight is 247 g/mol. The molecule has 5 heteroatoms. The number of rotatable bonds is 3. The largest absolute Gasteiger partial charge is 0.416 e. The summed E-state index contributed by atoms with van der Waals surface area (Å²) < 4.78 is 50.4. The Morgan fingerprint density at radius 2 is 1.94 bits per heavy atom. The lowest BCUT2D eigenvalue weighted by atomic mass is 10.2. The molecule has 0 aliphatic carbocycles. The van der Waals surface area contributed by atoms with E-state index in [-0.39, 0.29) is 5.69 Å². The van der Waals surface area contributed by atoms with Crippen molar-refractivity contribution in [2.24, 2.45) is 0 Å². The van der Waals surface area contributed by atoms with Crippen LogP contribution >= 0.6 is 0 Å². The van der Waals surface area contributed by atoms with E-state index < -0.39 is 17.6 Å². The van der Waals surface area contributed by atoms with Gasteiger partial charge in [0.1, 0.15) is 5.82 Å². The van der Waals surface area contributed by atoms with Gasteiger partial charge in [0, 0.05) is 6.54 Å². The van der Waals surface area contributed by atoms with Crippen molar-refractivity contribution in [3.05, 3.63) is 41.2 Å². The standard InChI is InChI=1S/C12H13F4N/c1-8(2)5-6-17-11-7-9(12(14,15)16)3-4-10(11)13/h3-5,7,17H,6H2,1-2H3. The van der Waals surface area contributed by atoms with Gasteiger partial charge in [-0.1, -0.05) is 11.6 Å². The quantitative estimate of drug-likeness (QED) is 0.622. The Bertz CT molecular complexity index is 417. The van der Waals surface area contributed by atoms with Crippen LogP contribution in [0.3, 0.4) is 0 Å².